The van der Waals surface area contributed by atoms with Crippen LogP contribution in [0, 0.1) is 13.8 Å². The van der Waals surface area contributed by atoms with Gasteiger partial charge in [-0.1, -0.05) is 30.3 Å². The SMILES string of the molecule is CCOC(=O)n1nc(-c2ccccc2)c2cc(C)c(C)cc21. The summed E-state index contributed by atoms with van der Waals surface area (Å²) < 4.78 is 6.47. The normalized spacial score (nSPS) is 10.9. The molecule has 0 aliphatic rings. The van der Waals surface area contributed by atoms with E-state index in [1.807, 2.05) is 43.3 Å². The predicted octanol–water partition coefficient (Wildman–Crippen LogP) is 4.32. The summed E-state index contributed by atoms with van der Waals surface area (Å²) in [6.45, 7) is 6.20. The minimum Gasteiger partial charge on any atom is -0.448 e. The lowest BCUT2D eigenvalue weighted by atomic mass is 10.0. The summed E-state index contributed by atoms with van der Waals surface area (Å²) in [5.41, 5.74) is 4.86. The molecule has 3 aromatic rings. The predicted molar refractivity (Wildman–Crippen MR) is 87.1 cm³/mol. The molecular weight excluding hydrogens is 276 g/mol. The fourth-order valence-corrected chi connectivity index (χ4v) is 2.51. The number of hydrogen-bond acceptors (Lipinski definition) is 3. The van der Waals surface area contributed by atoms with Crippen LogP contribution in [0.1, 0.15) is 18.1 Å². The van der Waals surface area contributed by atoms with Crippen LogP contribution in [0.3, 0.4) is 0 Å². The summed E-state index contributed by atoms with van der Waals surface area (Å²) in [6, 6.07) is 13.9. The molecule has 0 amide bonds. The molecule has 2 aromatic carbocycles. The Labute approximate surface area is 129 Å². The Bertz CT molecular complexity index is 835. The molecule has 4 nitrogen and oxygen atoms in total. The largest absolute Gasteiger partial charge is 0.448 e. The van der Waals surface area contributed by atoms with Crippen LogP contribution in [0.25, 0.3) is 22.2 Å². The van der Waals surface area contributed by atoms with Gasteiger partial charge in [0.1, 0.15) is 5.69 Å². The molecule has 0 saturated carbocycles. The number of benzene rings is 2. The van der Waals surface area contributed by atoms with E-state index in [1.165, 1.54) is 10.2 Å². The molecule has 1 aromatic heterocycles. The Morgan fingerprint density at radius 3 is 2.50 bits per heavy atom. The van der Waals surface area contributed by atoms with Gasteiger partial charge in [0.15, 0.2) is 0 Å². The lowest BCUT2D eigenvalue weighted by Crippen LogP contribution is -2.15. The summed E-state index contributed by atoms with van der Waals surface area (Å²) in [5, 5.41) is 5.46. The quantitative estimate of drug-likeness (QED) is 0.706. The first-order valence-corrected chi connectivity index (χ1v) is 7.34. The molecule has 0 bridgehead atoms. The Kier molecular flexibility index (Phi) is 3.67. The second kappa shape index (κ2) is 5.64. The highest BCUT2D eigenvalue weighted by Crippen LogP contribution is 2.30. The minimum atomic E-state index is -0.446. The number of fused-ring (bicyclic) bond motifs is 1. The van der Waals surface area contributed by atoms with E-state index in [-0.39, 0.29) is 0 Å². The molecule has 112 valence electrons. The third-order valence-corrected chi connectivity index (χ3v) is 3.78. The average molecular weight is 294 g/mol. The molecular formula is C18H18N2O2. The smallest absolute Gasteiger partial charge is 0.435 e. The molecule has 0 aliphatic carbocycles. The highest BCUT2D eigenvalue weighted by molar-refractivity contribution is 5.98. The average Bonchev–Trinajstić information content (AvgIpc) is 2.87. The standard InChI is InChI=1S/C18H18N2O2/c1-4-22-18(21)20-16-11-13(3)12(2)10-15(16)17(19-20)14-8-6-5-7-9-14/h5-11H,4H2,1-3H3. The van der Waals surface area contributed by atoms with E-state index < -0.39 is 6.09 Å². The van der Waals surface area contributed by atoms with Gasteiger partial charge in [0.25, 0.3) is 0 Å². The Hall–Kier alpha value is -2.62. The summed E-state index contributed by atoms with van der Waals surface area (Å²) in [4.78, 5) is 12.2. The monoisotopic (exact) mass is 294 g/mol. The maximum Gasteiger partial charge on any atom is 0.435 e. The van der Waals surface area contributed by atoms with Crippen LogP contribution in [0.2, 0.25) is 0 Å². The van der Waals surface area contributed by atoms with Crippen LogP contribution in [-0.4, -0.2) is 22.5 Å². The number of carbonyl (C=O) groups excluding carboxylic acids is 1. The molecule has 3 rings (SSSR count). The molecule has 22 heavy (non-hydrogen) atoms. The Morgan fingerprint density at radius 1 is 1.14 bits per heavy atom. The van der Waals surface area contributed by atoms with Crippen molar-refractivity contribution < 1.29 is 9.53 Å². The summed E-state index contributed by atoms with van der Waals surface area (Å²) in [6.07, 6.45) is -0.446. The fourth-order valence-electron chi connectivity index (χ4n) is 2.51. The zero-order valence-corrected chi connectivity index (χ0v) is 13.0. The van der Waals surface area contributed by atoms with E-state index in [2.05, 4.69) is 18.1 Å². The number of aryl methyl sites for hydroxylation is 2. The number of aromatic nitrogens is 2. The molecule has 0 unspecified atom stereocenters. The van der Waals surface area contributed by atoms with Gasteiger partial charge in [-0.05, 0) is 44.0 Å². The Balaban J connectivity index is 2.29. The van der Waals surface area contributed by atoms with Crippen LogP contribution >= 0.6 is 0 Å². The Morgan fingerprint density at radius 2 is 1.82 bits per heavy atom. The second-order valence-corrected chi connectivity index (χ2v) is 5.28. The summed E-state index contributed by atoms with van der Waals surface area (Å²) in [7, 11) is 0. The van der Waals surface area contributed by atoms with E-state index >= 15 is 0 Å². The summed E-state index contributed by atoms with van der Waals surface area (Å²) >= 11 is 0. The highest BCUT2D eigenvalue weighted by atomic mass is 16.5. The van der Waals surface area contributed by atoms with Crippen LogP contribution < -0.4 is 0 Å². The molecule has 1 heterocycles. The zero-order chi connectivity index (χ0) is 15.7. The molecule has 0 N–H and O–H groups in total. The maximum absolute atomic E-state index is 12.2. The highest BCUT2D eigenvalue weighted by Gasteiger charge is 2.18. The van der Waals surface area contributed by atoms with E-state index in [9.17, 15) is 4.79 Å². The maximum atomic E-state index is 12.2. The third-order valence-electron chi connectivity index (χ3n) is 3.78. The number of hydrogen-bond donors (Lipinski definition) is 0. The van der Waals surface area contributed by atoms with Crippen LogP contribution in [0.5, 0.6) is 0 Å². The van der Waals surface area contributed by atoms with Crippen molar-refractivity contribution in [1.29, 1.82) is 0 Å². The van der Waals surface area contributed by atoms with Gasteiger partial charge in [-0.25, -0.2) is 4.79 Å². The second-order valence-electron chi connectivity index (χ2n) is 5.28. The lowest BCUT2D eigenvalue weighted by molar-refractivity contribution is 0.151. The van der Waals surface area contributed by atoms with Crippen LogP contribution in [-0.2, 0) is 4.74 Å². The van der Waals surface area contributed by atoms with Gasteiger partial charge in [0.05, 0.1) is 12.1 Å². The van der Waals surface area contributed by atoms with Gasteiger partial charge in [0.2, 0.25) is 0 Å². The lowest BCUT2D eigenvalue weighted by Gasteiger charge is -2.04. The first-order chi connectivity index (χ1) is 10.6. The number of ether oxygens (including phenoxy) is 1. The molecule has 0 saturated heterocycles. The number of nitrogens with zero attached hydrogens (tertiary/aromatic N) is 2. The summed E-state index contributed by atoms with van der Waals surface area (Å²) in [5.74, 6) is 0. The molecule has 0 spiro atoms. The van der Waals surface area contributed by atoms with Crippen molar-refractivity contribution >= 4 is 17.0 Å². The van der Waals surface area contributed by atoms with E-state index in [0.29, 0.717) is 6.61 Å². The molecule has 0 aliphatic heterocycles. The minimum absolute atomic E-state index is 0.325. The molecule has 0 fully saturated rings. The van der Waals surface area contributed by atoms with Gasteiger partial charge in [-0.2, -0.15) is 9.78 Å². The first-order valence-electron chi connectivity index (χ1n) is 7.34. The number of rotatable bonds is 2. The zero-order valence-electron chi connectivity index (χ0n) is 13.0. The van der Waals surface area contributed by atoms with Crippen molar-refractivity contribution in [2.75, 3.05) is 6.61 Å². The fraction of sp³-hybridized carbons (Fsp3) is 0.222. The molecule has 4 heteroatoms. The topological polar surface area (TPSA) is 44.1 Å². The van der Waals surface area contributed by atoms with Crippen molar-refractivity contribution in [3.05, 3.63) is 53.6 Å². The molecule has 0 radical (unpaired) electrons. The van der Waals surface area contributed by atoms with Gasteiger partial charge in [0, 0.05) is 10.9 Å². The van der Waals surface area contributed by atoms with Crippen molar-refractivity contribution in [2.45, 2.75) is 20.8 Å². The van der Waals surface area contributed by atoms with Crippen molar-refractivity contribution in [1.82, 2.24) is 9.78 Å². The van der Waals surface area contributed by atoms with Gasteiger partial charge in [-0.3, -0.25) is 0 Å². The van der Waals surface area contributed by atoms with Gasteiger partial charge in [-0.15, -0.1) is 0 Å². The van der Waals surface area contributed by atoms with Crippen molar-refractivity contribution in [3.8, 4) is 11.3 Å². The van der Waals surface area contributed by atoms with Crippen molar-refractivity contribution in [2.24, 2.45) is 0 Å². The van der Waals surface area contributed by atoms with E-state index in [0.717, 1.165) is 27.7 Å². The number of carbonyl (C=O) groups is 1. The van der Waals surface area contributed by atoms with Gasteiger partial charge >= 0.3 is 6.09 Å². The third kappa shape index (κ3) is 2.37. The van der Waals surface area contributed by atoms with Crippen LogP contribution in [0.4, 0.5) is 4.79 Å². The van der Waals surface area contributed by atoms with E-state index in [4.69, 9.17) is 4.74 Å². The van der Waals surface area contributed by atoms with Crippen LogP contribution in [0.15, 0.2) is 42.5 Å². The van der Waals surface area contributed by atoms with Crippen molar-refractivity contribution in [3.63, 3.8) is 0 Å². The molecule has 0 atom stereocenters. The first kappa shape index (κ1) is 14.3. The van der Waals surface area contributed by atoms with E-state index in [1.54, 1.807) is 6.92 Å². The van der Waals surface area contributed by atoms with Gasteiger partial charge < -0.3 is 4.74 Å².